The largest absolute Gasteiger partial charge is 0.454 e. The summed E-state index contributed by atoms with van der Waals surface area (Å²) in [5, 5.41) is 9.92. The number of nitrogens with zero attached hydrogens (tertiary/aromatic N) is 2. The van der Waals surface area contributed by atoms with Gasteiger partial charge in [0.2, 0.25) is 12.7 Å². The number of hydrogen-bond acceptors (Lipinski definition) is 6. The minimum atomic E-state index is -0.241. The second-order valence-electron chi connectivity index (χ2n) is 6.01. The van der Waals surface area contributed by atoms with Crippen molar-refractivity contribution in [1.82, 2.24) is 20.1 Å². The Kier molecular flexibility index (Phi) is 5.87. The van der Waals surface area contributed by atoms with Gasteiger partial charge in [0.05, 0.1) is 11.8 Å². The summed E-state index contributed by atoms with van der Waals surface area (Å²) in [7, 11) is 0. The molecule has 3 rings (SSSR count). The fraction of sp³-hybridized carbons (Fsp3) is 0.471. The van der Waals surface area contributed by atoms with Gasteiger partial charge in [-0.1, -0.05) is 31.2 Å². The normalized spacial score (nSPS) is 13.6. The highest BCUT2D eigenvalue weighted by atomic mass is 32.2. The summed E-state index contributed by atoms with van der Waals surface area (Å²) >= 11 is 1.25. The van der Waals surface area contributed by atoms with Crippen LogP contribution in [0.2, 0.25) is 0 Å². The van der Waals surface area contributed by atoms with E-state index in [4.69, 9.17) is 9.47 Å². The second kappa shape index (κ2) is 8.31. The lowest BCUT2D eigenvalue weighted by atomic mass is 10.1. The third-order valence-electron chi connectivity index (χ3n) is 4.07. The van der Waals surface area contributed by atoms with Crippen molar-refractivity contribution in [3.8, 4) is 11.5 Å². The van der Waals surface area contributed by atoms with E-state index in [9.17, 15) is 9.59 Å². The van der Waals surface area contributed by atoms with Gasteiger partial charge in [0.1, 0.15) is 0 Å². The summed E-state index contributed by atoms with van der Waals surface area (Å²) in [6.45, 7) is 4.79. The van der Waals surface area contributed by atoms with Gasteiger partial charge in [-0.3, -0.25) is 9.36 Å². The van der Waals surface area contributed by atoms with Crippen molar-refractivity contribution in [2.75, 3.05) is 12.5 Å². The smallest absolute Gasteiger partial charge is 0.343 e. The van der Waals surface area contributed by atoms with Gasteiger partial charge in [0, 0.05) is 6.54 Å². The molecule has 0 fully saturated rings. The summed E-state index contributed by atoms with van der Waals surface area (Å²) in [6.07, 6.45) is 1.87. The topological polar surface area (TPSA) is 98.2 Å². The fourth-order valence-corrected chi connectivity index (χ4v) is 3.39. The Balaban J connectivity index is 1.55. The van der Waals surface area contributed by atoms with Crippen LogP contribution in [0.15, 0.2) is 28.2 Å². The molecule has 0 saturated carbocycles. The Bertz CT molecular complexity index is 832. The fourth-order valence-electron chi connectivity index (χ4n) is 2.61. The molecular weight excluding hydrogens is 356 g/mol. The Hall–Kier alpha value is -2.42. The van der Waals surface area contributed by atoms with Gasteiger partial charge in [0.25, 0.3) is 0 Å². The third-order valence-corrected chi connectivity index (χ3v) is 5.04. The van der Waals surface area contributed by atoms with Crippen LogP contribution >= 0.6 is 11.8 Å². The van der Waals surface area contributed by atoms with Gasteiger partial charge in [0.15, 0.2) is 16.7 Å². The van der Waals surface area contributed by atoms with Crippen molar-refractivity contribution in [3.05, 3.63) is 34.2 Å². The lowest BCUT2D eigenvalue weighted by molar-refractivity contribution is -0.119. The van der Waals surface area contributed by atoms with E-state index in [-0.39, 0.29) is 30.2 Å². The minimum Gasteiger partial charge on any atom is -0.454 e. The molecule has 2 heterocycles. The molecule has 140 valence electrons. The number of hydrogen-bond donors (Lipinski definition) is 2. The highest BCUT2D eigenvalue weighted by molar-refractivity contribution is 7.99. The molecule has 0 saturated heterocycles. The number of ether oxygens (including phenoxy) is 2. The maximum absolute atomic E-state index is 12.3. The number of carbonyl (C=O) groups is 1. The standard InChI is InChI=1S/C17H22N4O4S/c1-3-4-7-21-16(23)19-20-17(21)26-9-15(22)18-11(2)12-5-6-13-14(8-12)25-10-24-13/h5-6,8,11H,3-4,7,9-10H2,1-2H3,(H,18,22)(H,19,23). The molecule has 1 aliphatic heterocycles. The van der Waals surface area contributed by atoms with E-state index in [0.29, 0.717) is 23.2 Å². The zero-order valence-corrected chi connectivity index (χ0v) is 15.6. The minimum absolute atomic E-state index is 0.127. The Morgan fingerprint density at radius 1 is 1.42 bits per heavy atom. The molecule has 1 amide bonds. The number of H-pyrrole nitrogens is 1. The first-order valence-corrected chi connectivity index (χ1v) is 9.54. The van der Waals surface area contributed by atoms with Crippen molar-refractivity contribution < 1.29 is 14.3 Å². The lowest BCUT2D eigenvalue weighted by Gasteiger charge is -2.14. The van der Waals surface area contributed by atoms with Gasteiger partial charge in [-0.15, -0.1) is 5.10 Å². The molecule has 1 aromatic heterocycles. The molecule has 0 spiro atoms. The van der Waals surface area contributed by atoms with Crippen LogP contribution in [0.5, 0.6) is 11.5 Å². The first-order valence-electron chi connectivity index (χ1n) is 8.55. The van der Waals surface area contributed by atoms with E-state index in [2.05, 4.69) is 22.4 Å². The summed E-state index contributed by atoms with van der Waals surface area (Å²) in [5.74, 6) is 1.46. The number of carbonyl (C=O) groups excluding carboxylic acids is 1. The van der Waals surface area contributed by atoms with Crippen LogP contribution < -0.4 is 20.5 Å². The van der Waals surface area contributed by atoms with Crippen molar-refractivity contribution in [2.45, 2.75) is 44.4 Å². The highest BCUT2D eigenvalue weighted by Gasteiger charge is 2.17. The quantitative estimate of drug-likeness (QED) is 0.683. The third kappa shape index (κ3) is 4.21. The highest BCUT2D eigenvalue weighted by Crippen LogP contribution is 2.34. The Morgan fingerprint density at radius 3 is 3.04 bits per heavy atom. The van der Waals surface area contributed by atoms with Gasteiger partial charge in [-0.25, -0.2) is 9.89 Å². The molecule has 2 N–H and O–H groups in total. The first-order chi connectivity index (χ1) is 12.6. The predicted molar refractivity (Wildman–Crippen MR) is 97.6 cm³/mol. The first kappa shape index (κ1) is 18.4. The van der Waals surface area contributed by atoms with E-state index in [0.717, 1.165) is 18.4 Å². The van der Waals surface area contributed by atoms with Crippen LogP contribution in [0.4, 0.5) is 0 Å². The van der Waals surface area contributed by atoms with E-state index < -0.39 is 0 Å². The predicted octanol–water partition coefficient (Wildman–Crippen LogP) is 2.07. The zero-order valence-electron chi connectivity index (χ0n) is 14.8. The summed E-state index contributed by atoms with van der Waals surface area (Å²) in [5.41, 5.74) is 0.697. The number of aromatic amines is 1. The second-order valence-corrected chi connectivity index (χ2v) is 6.95. The van der Waals surface area contributed by atoms with E-state index in [1.54, 1.807) is 4.57 Å². The Labute approximate surface area is 155 Å². The molecule has 0 radical (unpaired) electrons. The van der Waals surface area contributed by atoms with Gasteiger partial charge in [-0.05, 0) is 31.0 Å². The van der Waals surface area contributed by atoms with Crippen molar-refractivity contribution in [1.29, 1.82) is 0 Å². The number of unbranched alkanes of at least 4 members (excludes halogenated alkanes) is 1. The van der Waals surface area contributed by atoms with Gasteiger partial charge >= 0.3 is 5.69 Å². The van der Waals surface area contributed by atoms with Crippen LogP contribution in [-0.4, -0.2) is 33.2 Å². The van der Waals surface area contributed by atoms with Crippen molar-refractivity contribution in [2.24, 2.45) is 0 Å². The van der Waals surface area contributed by atoms with Crippen LogP contribution in [0.1, 0.15) is 38.3 Å². The van der Waals surface area contributed by atoms with E-state index >= 15 is 0 Å². The number of fused-ring (bicyclic) bond motifs is 1. The number of benzene rings is 1. The van der Waals surface area contributed by atoms with Gasteiger partial charge < -0.3 is 14.8 Å². The number of aromatic nitrogens is 3. The van der Waals surface area contributed by atoms with Crippen molar-refractivity contribution in [3.63, 3.8) is 0 Å². The van der Waals surface area contributed by atoms with Crippen LogP contribution in [0, 0.1) is 0 Å². The molecule has 26 heavy (non-hydrogen) atoms. The van der Waals surface area contributed by atoms with Gasteiger partial charge in [-0.2, -0.15) is 0 Å². The molecule has 0 aliphatic carbocycles. The average Bonchev–Trinajstić information content (AvgIpc) is 3.24. The summed E-state index contributed by atoms with van der Waals surface area (Å²) < 4.78 is 12.2. The van der Waals surface area contributed by atoms with Crippen LogP contribution in [0.25, 0.3) is 0 Å². The average molecular weight is 378 g/mol. The molecule has 1 atom stereocenters. The van der Waals surface area contributed by atoms with Crippen LogP contribution in [-0.2, 0) is 11.3 Å². The van der Waals surface area contributed by atoms with E-state index in [1.165, 1.54) is 11.8 Å². The number of rotatable bonds is 8. The summed E-state index contributed by atoms with van der Waals surface area (Å²) in [4.78, 5) is 24.0. The van der Waals surface area contributed by atoms with E-state index in [1.807, 2.05) is 25.1 Å². The number of amides is 1. The molecule has 9 heteroatoms. The molecule has 8 nitrogen and oxygen atoms in total. The molecular formula is C17H22N4O4S. The SMILES string of the molecule is CCCCn1c(SCC(=O)NC(C)c2ccc3c(c2)OCO3)n[nH]c1=O. The maximum Gasteiger partial charge on any atom is 0.343 e. The lowest BCUT2D eigenvalue weighted by Crippen LogP contribution is -2.28. The Morgan fingerprint density at radius 2 is 2.23 bits per heavy atom. The monoisotopic (exact) mass is 378 g/mol. The molecule has 1 aromatic carbocycles. The molecule has 2 aromatic rings. The molecule has 0 bridgehead atoms. The summed E-state index contributed by atoms with van der Waals surface area (Å²) in [6, 6.07) is 5.45. The maximum atomic E-state index is 12.3. The molecule has 1 unspecified atom stereocenters. The number of nitrogens with one attached hydrogen (secondary N) is 2. The zero-order chi connectivity index (χ0) is 18.5. The molecule has 1 aliphatic rings. The van der Waals surface area contributed by atoms with Crippen molar-refractivity contribution >= 4 is 17.7 Å². The number of thioether (sulfide) groups is 1. The van der Waals surface area contributed by atoms with Crippen LogP contribution in [0.3, 0.4) is 0 Å².